The Morgan fingerprint density at radius 1 is 1.07 bits per heavy atom. The van der Waals surface area contributed by atoms with Gasteiger partial charge >= 0.3 is 7.69 Å². The lowest BCUT2D eigenvalue weighted by Crippen LogP contribution is -2.49. The van der Waals surface area contributed by atoms with Crippen molar-refractivity contribution >= 4 is 7.69 Å². The van der Waals surface area contributed by atoms with Crippen molar-refractivity contribution in [3.8, 4) is 0 Å². The summed E-state index contributed by atoms with van der Waals surface area (Å²) < 4.78 is 11.4. The smallest absolute Gasteiger partial charge is 0.405 e. The summed E-state index contributed by atoms with van der Waals surface area (Å²) in [6.07, 6.45) is 3.16. The van der Waals surface area contributed by atoms with Gasteiger partial charge in [0, 0.05) is 0 Å². The molecule has 15 heavy (non-hydrogen) atoms. The molecule has 3 heteroatoms. The van der Waals surface area contributed by atoms with Gasteiger partial charge in [-0.1, -0.05) is 34.1 Å². The first-order valence-corrected chi connectivity index (χ1v) is 5.96. The van der Waals surface area contributed by atoms with Crippen LogP contribution in [0.25, 0.3) is 0 Å². The first-order chi connectivity index (χ1) is 6.79. The summed E-state index contributed by atoms with van der Waals surface area (Å²) in [6.45, 7) is 13.3. The van der Waals surface area contributed by atoms with Crippen LogP contribution >= 0.6 is 0 Å². The van der Waals surface area contributed by atoms with Crippen LogP contribution in [0.5, 0.6) is 0 Å². The van der Waals surface area contributed by atoms with Crippen LogP contribution < -0.4 is 0 Å². The standard InChI is InChI=1S/C12H24BO2/c1-7-10(3,4)9-12(6)11(5,8-2)14-13-15-12/h7-9H2,1-6H3/t11-,12+/m0/s1. The van der Waals surface area contributed by atoms with Crippen LogP contribution in [0.3, 0.4) is 0 Å². The molecule has 1 fully saturated rings. The third kappa shape index (κ3) is 2.39. The Kier molecular flexibility index (Phi) is 3.57. The second kappa shape index (κ2) is 4.10. The Hall–Kier alpha value is -0.0151. The molecule has 0 aromatic rings. The van der Waals surface area contributed by atoms with Gasteiger partial charge in [-0.2, -0.15) is 0 Å². The van der Waals surface area contributed by atoms with Gasteiger partial charge in [-0.25, -0.2) is 0 Å². The predicted octanol–water partition coefficient (Wildman–Crippen LogP) is 3.32. The maximum Gasteiger partial charge on any atom is 0.489 e. The van der Waals surface area contributed by atoms with Gasteiger partial charge in [0.25, 0.3) is 0 Å². The van der Waals surface area contributed by atoms with Crippen molar-refractivity contribution in [2.45, 2.75) is 72.0 Å². The van der Waals surface area contributed by atoms with Crippen molar-refractivity contribution < 1.29 is 9.31 Å². The van der Waals surface area contributed by atoms with Crippen LogP contribution in [0.4, 0.5) is 0 Å². The molecule has 0 aromatic carbocycles. The molecule has 2 nitrogen and oxygen atoms in total. The van der Waals surface area contributed by atoms with E-state index < -0.39 is 0 Å². The van der Waals surface area contributed by atoms with Gasteiger partial charge in [-0.15, -0.1) is 0 Å². The minimum atomic E-state index is -0.193. The summed E-state index contributed by atoms with van der Waals surface area (Å²) in [5.74, 6) is 0. The zero-order chi connectivity index (χ0) is 11.7. The highest BCUT2D eigenvalue weighted by Gasteiger charge is 2.52. The molecular weight excluding hydrogens is 187 g/mol. The van der Waals surface area contributed by atoms with Gasteiger partial charge < -0.3 is 9.31 Å². The molecule has 0 unspecified atom stereocenters. The molecule has 1 aliphatic rings. The molecular formula is C12H24BO2. The zero-order valence-corrected chi connectivity index (χ0v) is 11.0. The lowest BCUT2D eigenvalue weighted by atomic mass is 9.71. The molecule has 1 radical (unpaired) electrons. The Morgan fingerprint density at radius 3 is 2.07 bits per heavy atom. The minimum Gasteiger partial charge on any atom is -0.405 e. The predicted molar refractivity (Wildman–Crippen MR) is 63.7 cm³/mol. The molecule has 1 heterocycles. The van der Waals surface area contributed by atoms with Gasteiger partial charge in [0.2, 0.25) is 0 Å². The van der Waals surface area contributed by atoms with Crippen LogP contribution in [0.15, 0.2) is 0 Å². The Bertz CT molecular complexity index is 230. The number of hydrogen-bond acceptors (Lipinski definition) is 2. The van der Waals surface area contributed by atoms with Crippen molar-refractivity contribution in [1.82, 2.24) is 0 Å². The first-order valence-electron chi connectivity index (χ1n) is 5.96. The number of rotatable bonds is 4. The van der Waals surface area contributed by atoms with Gasteiger partial charge in [0.05, 0.1) is 11.2 Å². The summed E-state index contributed by atoms with van der Waals surface area (Å²) in [6, 6.07) is 0. The molecule has 0 aliphatic carbocycles. The van der Waals surface area contributed by atoms with E-state index in [2.05, 4.69) is 41.5 Å². The van der Waals surface area contributed by atoms with Crippen molar-refractivity contribution in [3.05, 3.63) is 0 Å². The first kappa shape index (κ1) is 13.1. The average molecular weight is 211 g/mol. The monoisotopic (exact) mass is 211 g/mol. The lowest BCUT2D eigenvalue weighted by molar-refractivity contribution is -0.0536. The van der Waals surface area contributed by atoms with E-state index in [-0.39, 0.29) is 11.2 Å². The van der Waals surface area contributed by atoms with E-state index in [1.54, 1.807) is 0 Å². The molecule has 1 aliphatic heterocycles. The topological polar surface area (TPSA) is 18.5 Å². The minimum absolute atomic E-state index is 0.181. The van der Waals surface area contributed by atoms with Crippen LogP contribution in [0.1, 0.15) is 60.8 Å². The molecule has 1 rings (SSSR count). The van der Waals surface area contributed by atoms with Crippen molar-refractivity contribution in [1.29, 1.82) is 0 Å². The highest BCUT2D eigenvalue weighted by molar-refractivity contribution is 6.19. The summed E-state index contributed by atoms with van der Waals surface area (Å²) in [7, 11) is 1.52. The summed E-state index contributed by atoms with van der Waals surface area (Å²) in [5.41, 5.74) is -0.0760. The molecule has 1 saturated heterocycles. The SMILES string of the molecule is CCC(C)(C)C[C@@]1(C)O[B]O[C@@]1(C)CC. The third-order valence-corrected chi connectivity index (χ3v) is 4.18. The van der Waals surface area contributed by atoms with Crippen molar-refractivity contribution in [2.75, 3.05) is 0 Å². The van der Waals surface area contributed by atoms with Crippen LogP contribution in [0, 0.1) is 5.41 Å². The highest BCUT2D eigenvalue weighted by Crippen LogP contribution is 2.45. The molecule has 2 atom stereocenters. The molecule has 0 bridgehead atoms. The van der Waals surface area contributed by atoms with Crippen LogP contribution in [-0.2, 0) is 9.31 Å². The van der Waals surface area contributed by atoms with Gasteiger partial charge in [-0.3, -0.25) is 0 Å². The average Bonchev–Trinajstić information content (AvgIpc) is 2.43. The Labute approximate surface area is 95.0 Å². The van der Waals surface area contributed by atoms with E-state index in [9.17, 15) is 0 Å². The van der Waals surface area contributed by atoms with Gasteiger partial charge in [0.15, 0.2) is 0 Å². The number of hydrogen-bond donors (Lipinski definition) is 0. The maximum atomic E-state index is 5.74. The van der Waals surface area contributed by atoms with E-state index in [1.807, 2.05) is 0 Å². The largest absolute Gasteiger partial charge is 0.489 e. The summed E-state index contributed by atoms with van der Waals surface area (Å²) in [5, 5.41) is 0. The lowest BCUT2D eigenvalue weighted by Gasteiger charge is -2.43. The Morgan fingerprint density at radius 2 is 1.60 bits per heavy atom. The van der Waals surface area contributed by atoms with Crippen LogP contribution in [-0.4, -0.2) is 18.9 Å². The van der Waals surface area contributed by atoms with Gasteiger partial charge in [0.1, 0.15) is 0 Å². The molecule has 0 aromatic heterocycles. The highest BCUT2D eigenvalue weighted by atomic mass is 16.7. The fraction of sp³-hybridized carbons (Fsp3) is 1.00. The quantitative estimate of drug-likeness (QED) is 0.664. The summed E-state index contributed by atoms with van der Waals surface area (Å²) >= 11 is 0. The fourth-order valence-corrected chi connectivity index (χ4v) is 2.21. The second-order valence-electron chi connectivity index (χ2n) is 5.84. The Balaban J connectivity index is 2.82. The molecule has 87 valence electrons. The second-order valence-corrected chi connectivity index (χ2v) is 5.84. The third-order valence-electron chi connectivity index (χ3n) is 4.18. The van der Waals surface area contributed by atoms with Crippen LogP contribution in [0.2, 0.25) is 0 Å². The summed E-state index contributed by atoms with van der Waals surface area (Å²) in [4.78, 5) is 0. The van der Waals surface area contributed by atoms with Gasteiger partial charge in [-0.05, 0) is 32.1 Å². The van der Waals surface area contributed by atoms with E-state index in [0.29, 0.717) is 5.41 Å². The maximum absolute atomic E-state index is 5.74. The van der Waals surface area contributed by atoms with E-state index in [4.69, 9.17) is 9.31 Å². The molecule has 0 saturated carbocycles. The zero-order valence-electron chi connectivity index (χ0n) is 11.0. The fourth-order valence-electron chi connectivity index (χ4n) is 2.21. The molecule has 0 spiro atoms. The van der Waals surface area contributed by atoms with Crippen molar-refractivity contribution in [2.24, 2.45) is 5.41 Å². The molecule has 0 N–H and O–H groups in total. The molecule has 0 amide bonds. The van der Waals surface area contributed by atoms with E-state index in [0.717, 1.165) is 19.3 Å². The van der Waals surface area contributed by atoms with E-state index >= 15 is 0 Å². The van der Waals surface area contributed by atoms with Crippen molar-refractivity contribution in [3.63, 3.8) is 0 Å². The van der Waals surface area contributed by atoms with E-state index in [1.165, 1.54) is 7.69 Å². The normalized spacial score (nSPS) is 36.7.